The third kappa shape index (κ3) is 6.40. The molecule has 0 saturated carbocycles. The molecule has 0 unspecified atom stereocenters. The van der Waals surface area contributed by atoms with Crippen molar-refractivity contribution in [1.29, 1.82) is 0 Å². The second kappa shape index (κ2) is 11.4. The number of non-ortho nitro benzene ring substituents is 1. The molecule has 1 N–H and O–H groups in total. The molecule has 2 amide bonds. The molecule has 3 rings (SSSR count). The van der Waals surface area contributed by atoms with Crippen LogP contribution in [0.3, 0.4) is 0 Å². The largest absolute Gasteiger partial charge is 0.326 e. The van der Waals surface area contributed by atoms with E-state index in [1.807, 2.05) is 30.3 Å². The van der Waals surface area contributed by atoms with E-state index in [9.17, 15) is 19.7 Å². The Labute approximate surface area is 191 Å². The maximum absolute atomic E-state index is 13.0. The van der Waals surface area contributed by atoms with Crippen molar-refractivity contribution < 1.29 is 14.5 Å². The van der Waals surface area contributed by atoms with E-state index in [4.69, 9.17) is 0 Å². The van der Waals surface area contributed by atoms with Gasteiger partial charge in [0.1, 0.15) is 5.25 Å². The van der Waals surface area contributed by atoms with Crippen LogP contribution < -0.4 is 5.32 Å². The number of amidine groups is 1. The zero-order valence-electron chi connectivity index (χ0n) is 17.9. The number of rotatable bonds is 10. The second-order valence-corrected chi connectivity index (χ2v) is 8.61. The number of unbranched alkanes of at least 4 members (excludes halogenated alkanes) is 3. The van der Waals surface area contributed by atoms with Gasteiger partial charge < -0.3 is 5.32 Å². The van der Waals surface area contributed by atoms with Gasteiger partial charge in [0.15, 0.2) is 5.17 Å². The lowest BCUT2D eigenvalue weighted by Gasteiger charge is -2.16. The van der Waals surface area contributed by atoms with Gasteiger partial charge in [-0.1, -0.05) is 56.1 Å². The SMILES string of the molecule is CCCCCCN1C(=O)[C@@H](CC(=O)Nc2ccc([N+](=O)[O-])cc2)SC1=Nc1ccccc1. The first-order valence-corrected chi connectivity index (χ1v) is 11.5. The molecular formula is C23H26N4O4S. The van der Waals surface area contributed by atoms with Crippen LogP contribution in [0.2, 0.25) is 0 Å². The standard InChI is InChI=1S/C23H26N4O4S/c1-2-3-4-8-15-26-22(29)20(32-23(26)25-17-9-6-5-7-10-17)16-21(28)24-18-11-13-19(14-12-18)27(30)31/h5-7,9-14,20H,2-4,8,15-16H2,1H3,(H,24,28)/t20-/m1/s1. The first kappa shape index (κ1) is 23.5. The molecule has 8 nitrogen and oxygen atoms in total. The number of nitrogens with zero attached hydrogens (tertiary/aromatic N) is 3. The lowest BCUT2D eigenvalue weighted by atomic mass is 10.2. The lowest BCUT2D eigenvalue weighted by molar-refractivity contribution is -0.384. The average Bonchev–Trinajstić information content (AvgIpc) is 3.06. The molecule has 1 aliphatic heterocycles. The molecule has 1 saturated heterocycles. The first-order valence-electron chi connectivity index (χ1n) is 10.6. The lowest BCUT2D eigenvalue weighted by Crippen LogP contribution is -2.34. The van der Waals surface area contributed by atoms with Gasteiger partial charge in [-0.3, -0.25) is 24.6 Å². The minimum Gasteiger partial charge on any atom is -0.326 e. The van der Waals surface area contributed by atoms with Crippen LogP contribution in [-0.4, -0.2) is 38.6 Å². The number of anilines is 1. The highest BCUT2D eigenvalue weighted by Crippen LogP contribution is 2.32. The fourth-order valence-corrected chi connectivity index (χ4v) is 4.47. The Kier molecular flexibility index (Phi) is 8.38. The predicted molar refractivity (Wildman–Crippen MR) is 127 cm³/mol. The number of hydrogen-bond acceptors (Lipinski definition) is 6. The Bertz CT molecular complexity index is 979. The van der Waals surface area contributed by atoms with E-state index in [-0.39, 0.29) is 23.9 Å². The molecule has 1 heterocycles. The van der Waals surface area contributed by atoms with Gasteiger partial charge in [-0.25, -0.2) is 4.99 Å². The van der Waals surface area contributed by atoms with Crippen molar-refractivity contribution in [3.63, 3.8) is 0 Å². The van der Waals surface area contributed by atoms with Gasteiger partial charge in [-0.05, 0) is 30.7 Å². The number of hydrogen-bond donors (Lipinski definition) is 1. The monoisotopic (exact) mass is 454 g/mol. The summed E-state index contributed by atoms with van der Waals surface area (Å²) in [6, 6.07) is 15.0. The molecule has 168 valence electrons. The van der Waals surface area contributed by atoms with E-state index in [2.05, 4.69) is 17.2 Å². The van der Waals surface area contributed by atoms with Crippen molar-refractivity contribution in [1.82, 2.24) is 4.90 Å². The summed E-state index contributed by atoms with van der Waals surface area (Å²) in [5.41, 5.74) is 1.16. The number of amides is 2. The highest BCUT2D eigenvalue weighted by atomic mass is 32.2. The summed E-state index contributed by atoms with van der Waals surface area (Å²) in [7, 11) is 0. The van der Waals surface area contributed by atoms with Crippen molar-refractivity contribution in [3.05, 3.63) is 64.7 Å². The van der Waals surface area contributed by atoms with Gasteiger partial charge in [0, 0.05) is 30.8 Å². The molecule has 0 radical (unpaired) electrons. The summed E-state index contributed by atoms with van der Waals surface area (Å²) in [5, 5.41) is 13.5. The third-order valence-corrected chi connectivity index (χ3v) is 6.14. The molecule has 0 bridgehead atoms. The fourth-order valence-electron chi connectivity index (χ4n) is 3.29. The Balaban J connectivity index is 1.67. The Morgan fingerprint density at radius 2 is 1.84 bits per heavy atom. The summed E-state index contributed by atoms with van der Waals surface area (Å²) in [4.78, 5) is 42.2. The summed E-state index contributed by atoms with van der Waals surface area (Å²) in [6.07, 6.45) is 4.14. The molecular weight excluding hydrogens is 428 g/mol. The number of benzene rings is 2. The van der Waals surface area contributed by atoms with Gasteiger partial charge in [0.25, 0.3) is 5.69 Å². The van der Waals surface area contributed by atoms with Crippen LogP contribution in [0.1, 0.15) is 39.0 Å². The number of para-hydroxylation sites is 1. The molecule has 1 atom stereocenters. The molecule has 0 spiro atoms. The number of carbonyl (C=O) groups excluding carboxylic acids is 2. The Morgan fingerprint density at radius 1 is 1.12 bits per heavy atom. The van der Waals surface area contributed by atoms with Gasteiger partial charge in [-0.2, -0.15) is 0 Å². The van der Waals surface area contributed by atoms with Gasteiger partial charge >= 0.3 is 0 Å². The van der Waals surface area contributed by atoms with Crippen LogP contribution in [-0.2, 0) is 9.59 Å². The maximum Gasteiger partial charge on any atom is 0.269 e. The van der Waals surface area contributed by atoms with Crippen LogP contribution in [0.4, 0.5) is 17.1 Å². The Hall–Kier alpha value is -3.20. The number of nitro benzene ring substituents is 1. The van der Waals surface area contributed by atoms with E-state index in [0.29, 0.717) is 17.4 Å². The minimum atomic E-state index is -0.554. The molecule has 0 aromatic heterocycles. The van der Waals surface area contributed by atoms with E-state index < -0.39 is 10.2 Å². The van der Waals surface area contributed by atoms with Gasteiger partial charge in [0.2, 0.25) is 11.8 Å². The second-order valence-electron chi connectivity index (χ2n) is 7.44. The van der Waals surface area contributed by atoms with Crippen LogP contribution in [0.15, 0.2) is 59.6 Å². The van der Waals surface area contributed by atoms with E-state index in [1.165, 1.54) is 36.0 Å². The maximum atomic E-state index is 13.0. The Morgan fingerprint density at radius 3 is 2.50 bits per heavy atom. The zero-order valence-corrected chi connectivity index (χ0v) is 18.7. The van der Waals surface area contributed by atoms with Crippen LogP contribution in [0, 0.1) is 10.1 Å². The number of carbonyl (C=O) groups is 2. The molecule has 1 aliphatic rings. The van der Waals surface area contributed by atoms with E-state index in [0.717, 1.165) is 31.4 Å². The van der Waals surface area contributed by atoms with Crippen molar-refractivity contribution in [3.8, 4) is 0 Å². The van der Waals surface area contributed by atoms with Crippen LogP contribution >= 0.6 is 11.8 Å². The minimum absolute atomic E-state index is 0.000241. The van der Waals surface area contributed by atoms with Crippen LogP contribution in [0.25, 0.3) is 0 Å². The van der Waals surface area contributed by atoms with Crippen molar-refractivity contribution in [2.75, 3.05) is 11.9 Å². The number of nitrogens with one attached hydrogen (secondary N) is 1. The number of aliphatic imine (C=N–C) groups is 1. The summed E-state index contributed by atoms with van der Waals surface area (Å²) >= 11 is 1.31. The first-order chi connectivity index (χ1) is 15.5. The van der Waals surface area contributed by atoms with E-state index in [1.54, 1.807) is 4.90 Å². The van der Waals surface area contributed by atoms with E-state index >= 15 is 0 Å². The zero-order chi connectivity index (χ0) is 22.9. The predicted octanol–water partition coefficient (Wildman–Crippen LogP) is 5.14. The smallest absolute Gasteiger partial charge is 0.269 e. The fraction of sp³-hybridized carbons (Fsp3) is 0.348. The van der Waals surface area contributed by atoms with Crippen molar-refractivity contribution in [2.24, 2.45) is 4.99 Å². The van der Waals surface area contributed by atoms with Crippen LogP contribution in [0.5, 0.6) is 0 Å². The molecule has 32 heavy (non-hydrogen) atoms. The number of thioether (sulfide) groups is 1. The topological polar surface area (TPSA) is 105 Å². The normalized spacial score (nSPS) is 17.0. The average molecular weight is 455 g/mol. The molecule has 9 heteroatoms. The van der Waals surface area contributed by atoms with Gasteiger partial charge in [-0.15, -0.1) is 0 Å². The third-order valence-electron chi connectivity index (χ3n) is 4.97. The molecule has 2 aromatic rings. The van der Waals surface area contributed by atoms with Gasteiger partial charge in [0.05, 0.1) is 10.6 Å². The summed E-state index contributed by atoms with van der Waals surface area (Å²) < 4.78 is 0. The molecule has 2 aromatic carbocycles. The molecule has 1 fully saturated rings. The highest BCUT2D eigenvalue weighted by molar-refractivity contribution is 8.15. The molecule has 0 aliphatic carbocycles. The number of nitro groups is 1. The summed E-state index contributed by atoms with van der Waals surface area (Å²) in [5.74, 6) is -0.434. The van der Waals surface area contributed by atoms with Crippen molar-refractivity contribution in [2.45, 2.75) is 44.3 Å². The highest BCUT2D eigenvalue weighted by Gasteiger charge is 2.38. The quantitative estimate of drug-likeness (QED) is 0.304. The summed E-state index contributed by atoms with van der Waals surface area (Å²) in [6.45, 7) is 2.72. The van der Waals surface area contributed by atoms with Crippen molar-refractivity contribution >= 4 is 45.8 Å².